The third-order valence-electron chi connectivity index (χ3n) is 1.73. The first kappa shape index (κ1) is 19.3. The van der Waals surface area contributed by atoms with Gasteiger partial charge in [0.1, 0.15) is 0 Å². The zero-order valence-corrected chi connectivity index (χ0v) is 10.9. The average Bonchev–Trinajstić information content (AvgIpc) is 2.26. The molecule has 0 aromatic carbocycles. The molecule has 5 N–H and O–H groups in total. The van der Waals surface area contributed by atoms with E-state index in [0.29, 0.717) is 6.42 Å². The van der Waals surface area contributed by atoms with Gasteiger partial charge in [-0.05, 0) is 19.4 Å². The van der Waals surface area contributed by atoms with Gasteiger partial charge in [-0.1, -0.05) is 13.8 Å². The molecular formula is C10H22F3N3O2. The van der Waals surface area contributed by atoms with E-state index < -0.39 is 18.9 Å². The molecule has 0 aromatic rings. The fourth-order valence-electron chi connectivity index (χ4n) is 1.14. The molecule has 0 saturated carbocycles. The number of hydrogen-bond donors (Lipinski definition) is 3. The topological polar surface area (TPSA) is 90.4 Å². The molecule has 0 rings (SSSR count). The number of ether oxygens (including phenoxy) is 1. The van der Waals surface area contributed by atoms with Crippen LogP contribution in [0.25, 0.3) is 0 Å². The van der Waals surface area contributed by atoms with Gasteiger partial charge in [0.15, 0.2) is 6.61 Å². The Hall–Kier alpha value is -1.02. The first-order chi connectivity index (χ1) is 8.24. The lowest BCUT2D eigenvalue weighted by Gasteiger charge is -2.18. The van der Waals surface area contributed by atoms with Crippen molar-refractivity contribution in [1.29, 1.82) is 0 Å². The van der Waals surface area contributed by atoms with Crippen molar-refractivity contribution >= 4 is 6.09 Å². The van der Waals surface area contributed by atoms with Crippen molar-refractivity contribution in [1.82, 2.24) is 5.32 Å². The van der Waals surface area contributed by atoms with Gasteiger partial charge in [-0.25, -0.2) is 4.79 Å². The fourth-order valence-corrected chi connectivity index (χ4v) is 1.14. The van der Waals surface area contributed by atoms with Crippen LogP contribution in [0, 0.1) is 5.92 Å². The van der Waals surface area contributed by atoms with Crippen LogP contribution in [0.5, 0.6) is 0 Å². The highest BCUT2D eigenvalue weighted by molar-refractivity contribution is 5.67. The highest BCUT2D eigenvalue weighted by Crippen LogP contribution is 2.14. The minimum atomic E-state index is -4.51. The predicted molar refractivity (Wildman–Crippen MR) is 62.9 cm³/mol. The lowest BCUT2D eigenvalue weighted by molar-refractivity contribution is -0.160. The summed E-state index contributed by atoms with van der Waals surface area (Å²) in [7, 11) is 1.50. The molecule has 1 unspecified atom stereocenters. The van der Waals surface area contributed by atoms with E-state index in [2.05, 4.69) is 15.8 Å². The van der Waals surface area contributed by atoms with Crippen LogP contribution < -0.4 is 16.8 Å². The molecule has 110 valence electrons. The number of amides is 1. The number of nitrogens with one attached hydrogen (secondary N) is 1. The van der Waals surface area contributed by atoms with Crippen LogP contribution in [-0.2, 0) is 4.74 Å². The zero-order chi connectivity index (χ0) is 14.8. The van der Waals surface area contributed by atoms with Crippen LogP contribution >= 0.6 is 0 Å². The standard InChI is InChI=1S/C9H17F3N2O2.CH5N/c1-6(2)3-7(4-13)14-8(15)16-5-9(10,11)12;1-2/h6-7H,3-5,13H2,1-2H3,(H,14,15);2H2,1H3. The summed E-state index contributed by atoms with van der Waals surface area (Å²) >= 11 is 0. The van der Waals surface area contributed by atoms with Gasteiger partial charge in [-0.15, -0.1) is 0 Å². The highest BCUT2D eigenvalue weighted by atomic mass is 19.4. The number of hydrogen-bond acceptors (Lipinski definition) is 4. The second-order valence-corrected chi connectivity index (χ2v) is 3.90. The fraction of sp³-hybridized carbons (Fsp3) is 0.900. The van der Waals surface area contributed by atoms with Gasteiger partial charge in [0.2, 0.25) is 0 Å². The van der Waals surface area contributed by atoms with Crippen molar-refractivity contribution in [2.24, 2.45) is 17.4 Å². The van der Waals surface area contributed by atoms with Gasteiger partial charge in [0.05, 0.1) is 0 Å². The van der Waals surface area contributed by atoms with Crippen LogP contribution in [0.15, 0.2) is 0 Å². The van der Waals surface area contributed by atoms with Crippen molar-refractivity contribution in [3.63, 3.8) is 0 Å². The van der Waals surface area contributed by atoms with Gasteiger partial charge in [-0.2, -0.15) is 13.2 Å². The van der Waals surface area contributed by atoms with Gasteiger partial charge >= 0.3 is 12.3 Å². The Morgan fingerprint density at radius 1 is 1.33 bits per heavy atom. The molecule has 0 radical (unpaired) electrons. The molecule has 1 amide bonds. The van der Waals surface area contributed by atoms with E-state index in [0.717, 1.165) is 0 Å². The molecule has 8 heteroatoms. The van der Waals surface area contributed by atoms with Crippen molar-refractivity contribution in [2.45, 2.75) is 32.5 Å². The third kappa shape index (κ3) is 13.0. The number of halogens is 3. The normalized spacial score (nSPS) is 12.5. The Morgan fingerprint density at radius 3 is 2.17 bits per heavy atom. The summed E-state index contributed by atoms with van der Waals surface area (Å²) in [4.78, 5) is 11.0. The maximum Gasteiger partial charge on any atom is 0.422 e. The number of carbonyl (C=O) groups excluding carboxylic acids is 1. The molecule has 0 aliphatic heterocycles. The Bertz CT molecular complexity index is 223. The second-order valence-electron chi connectivity index (χ2n) is 3.90. The van der Waals surface area contributed by atoms with Crippen molar-refractivity contribution in [3.05, 3.63) is 0 Å². The highest BCUT2D eigenvalue weighted by Gasteiger charge is 2.29. The number of carbonyl (C=O) groups is 1. The molecule has 0 fully saturated rings. The molecule has 0 bridgehead atoms. The zero-order valence-electron chi connectivity index (χ0n) is 10.9. The first-order valence-corrected chi connectivity index (χ1v) is 5.52. The van der Waals surface area contributed by atoms with E-state index in [-0.39, 0.29) is 18.5 Å². The maximum absolute atomic E-state index is 11.7. The molecule has 0 aliphatic carbocycles. The van der Waals surface area contributed by atoms with Gasteiger partial charge < -0.3 is 21.5 Å². The molecule has 0 saturated heterocycles. The Labute approximate surface area is 105 Å². The van der Waals surface area contributed by atoms with Crippen LogP contribution in [0.3, 0.4) is 0 Å². The van der Waals surface area contributed by atoms with Crippen LogP contribution in [0.2, 0.25) is 0 Å². The summed E-state index contributed by atoms with van der Waals surface area (Å²) < 4.78 is 39.1. The van der Waals surface area contributed by atoms with E-state index in [4.69, 9.17) is 5.73 Å². The van der Waals surface area contributed by atoms with Crippen molar-refractivity contribution in [2.75, 3.05) is 20.2 Å². The van der Waals surface area contributed by atoms with Crippen LogP contribution in [0.4, 0.5) is 18.0 Å². The smallest absolute Gasteiger partial charge is 0.422 e. The predicted octanol–water partition coefficient (Wildman–Crippen LogP) is 1.22. The Kier molecular flexibility index (Phi) is 10.7. The third-order valence-corrected chi connectivity index (χ3v) is 1.73. The Morgan fingerprint density at radius 2 is 1.83 bits per heavy atom. The van der Waals surface area contributed by atoms with E-state index in [9.17, 15) is 18.0 Å². The number of nitrogens with two attached hydrogens (primary N) is 2. The number of alkyl halides is 3. The molecule has 0 aromatic heterocycles. The Balaban J connectivity index is 0. The van der Waals surface area contributed by atoms with Gasteiger partial charge in [0.25, 0.3) is 0 Å². The van der Waals surface area contributed by atoms with Crippen LogP contribution in [-0.4, -0.2) is 38.5 Å². The number of alkyl carbamates (subject to hydrolysis) is 1. The largest absolute Gasteiger partial charge is 0.440 e. The van der Waals surface area contributed by atoms with Crippen LogP contribution in [0.1, 0.15) is 20.3 Å². The van der Waals surface area contributed by atoms with Gasteiger partial charge in [-0.3, -0.25) is 0 Å². The second kappa shape index (κ2) is 9.95. The van der Waals surface area contributed by atoms with E-state index >= 15 is 0 Å². The van der Waals surface area contributed by atoms with E-state index in [1.165, 1.54) is 7.05 Å². The first-order valence-electron chi connectivity index (χ1n) is 5.52. The molecule has 0 spiro atoms. The minimum Gasteiger partial charge on any atom is -0.440 e. The van der Waals surface area contributed by atoms with Crippen molar-refractivity contribution in [3.8, 4) is 0 Å². The van der Waals surface area contributed by atoms with Gasteiger partial charge in [0, 0.05) is 12.6 Å². The summed E-state index contributed by atoms with van der Waals surface area (Å²) in [6.45, 7) is 2.42. The quantitative estimate of drug-likeness (QED) is 0.702. The SMILES string of the molecule is CC(C)CC(CN)NC(=O)OCC(F)(F)F.CN. The van der Waals surface area contributed by atoms with E-state index in [1.807, 2.05) is 13.8 Å². The lowest BCUT2D eigenvalue weighted by Crippen LogP contribution is -2.42. The molecule has 0 heterocycles. The number of rotatable bonds is 5. The molecular weight excluding hydrogens is 251 g/mol. The summed E-state index contributed by atoms with van der Waals surface area (Å²) in [6, 6.07) is -0.360. The summed E-state index contributed by atoms with van der Waals surface area (Å²) in [6.07, 6.45) is -5.00. The molecule has 5 nitrogen and oxygen atoms in total. The summed E-state index contributed by atoms with van der Waals surface area (Å²) in [5.41, 5.74) is 9.86. The monoisotopic (exact) mass is 273 g/mol. The molecule has 0 aliphatic rings. The summed E-state index contributed by atoms with van der Waals surface area (Å²) in [5.74, 6) is 0.288. The van der Waals surface area contributed by atoms with Crippen molar-refractivity contribution < 1.29 is 22.7 Å². The maximum atomic E-state index is 11.7. The molecule has 18 heavy (non-hydrogen) atoms. The average molecular weight is 273 g/mol. The lowest BCUT2D eigenvalue weighted by atomic mass is 10.0. The summed E-state index contributed by atoms with van der Waals surface area (Å²) in [5, 5.41) is 2.28. The molecule has 1 atom stereocenters. The minimum absolute atomic E-state index is 0.166. The van der Waals surface area contributed by atoms with E-state index in [1.54, 1.807) is 0 Å².